The van der Waals surface area contributed by atoms with Gasteiger partial charge in [0.25, 0.3) is 0 Å². The summed E-state index contributed by atoms with van der Waals surface area (Å²) in [7, 11) is 1.77. The quantitative estimate of drug-likeness (QED) is 0.776. The van der Waals surface area contributed by atoms with E-state index in [0.717, 1.165) is 11.3 Å². The lowest BCUT2D eigenvalue weighted by Gasteiger charge is -2.18. The van der Waals surface area contributed by atoms with E-state index in [4.69, 9.17) is 5.11 Å². The smallest absolute Gasteiger partial charge is 0.309 e. The van der Waals surface area contributed by atoms with E-state index in [2.05, 4.69) is 25.9 Å². The van der Waals surface area contributed by atoms with Gasteiger partial charge in [-0.2, -0.15) is 5.10 Å². The van der Waals surface area contributed by atoms with Gasteiger partial charge in [-0.25, -0.2) is 0 Å². The third kappa shape index (κ3) is 2.13. The summed E-state index contributed by atoms with van der Waals surface area (Å²) in [6.45, 7) is 6.15. The van der Waals surface area contributed by atoms with Crippen LogP contribution in [0.4, 0.5) is 0 Å². The van der Waals surface area contributed by atoms with Crippen molar-refractivity contribution in [3.63, 3.8) is 0 Å². The van der Waals surface area contributed by atoms with E-state index < -0.39 is 5.97 Å². The zero-order valence-electron chi connectivity index (χ0n) is 9.03. The molecule has 0 fully saturated rings. The molecule has 0 aliphatic carbocycles. The first-order chi connectivity index (χ1) is 6.32. The Hall–Kier alpha value is -1.32. The molecule has 0 aromatic carbocycles. The van der Waals surface area contributed by atoms with Gasteiger partial charge in [0.05, 0.1) is 18.3 Å². The van der Waals surface area contributed by atoms with E-state index in [9.17, 15) is 4.79 Å². The van der Waals surface area contributed by atoms with Crippen LogP contribution in [0.3, 0.4) is 0 Å². The Labute approximate surface area is 83.5 Å². The van der Waals surface area contributed by atoms with Crippen LogP contribution in [0.25, 0.3) is 0 Å². The number of carboxylic acid groups (broad SMARTS) is 1. The molecule has 1 N–H and O–H groups in total. The van der Waals surface area contributed by atoms with E-state index in [1.54, 1.807) is 17.9 Å². The number of hydrogen-bond donors (Lipinski definition) is 1. The van der Waals surface area contributed by atoms with Crippen molar-refractivity contribution in [1.82, 2.24) is 9.78 Å². The molecule has 1 aromatic heterocycles. The number of aliphatic carboxylic acids is 1. The fourth-order valence-electron chi connectivity index (χ4n) is 1.44. The number of aryl methyl sites for hydroxylation is 1. The Morgan fingerprint density at radius 3 is 2.57 bits per heavy atom. The van der Waals surface area contributed by atoms with Gasteiger partial charge in [0.15, 0.2) is 0 Å². The molecule has 0 radical (unpaired) electrons. The standard InChI is InChI=1S/C10H16N2O2/c1-10(2,3)7-6-11-12(4)8(7)5-9(13)14/h6H,5H2,1-4H3,(H,13,14). The minimum absolute atomic E-state index is 0.0309. The lowest BCUT2D eigenvalue weighted by Crippen LogP contribution is -2.16. The highest BCUT2D eigenvalue weighted by Crippen LogP contribution is 2.25. The van der Waals surface area contributed by atoms with Crippen molar-refractivity contribution in [2.45, 2.75) is 32.6 Å². The molecule has 0 saturated heterocycles. The second-order valence-corrected chi connectivity index (χ2v) is 4.45. The Kier molecular flexibility index (Phi) is 2.64. The normalized spacial score (nSPS) is 11.7. The van der Waals surface area contributed by atoms with Gasteiger partial charge in [0.2, 0.25) is 0 Å². The first kappa shape index (κ1) is 10.8. The average Bonchev–Trinajstić information content (AvgIpc) is 2.30. The van der Waals surface area contributed by atoms with Gasteiger partial charge >= 0.3 is 5.97 Å². The molecule has 0 aliphatic heterocycles. The summed E-state index contributed by atoms with van der Waals surface area (Å²) in [6.07, 6.45) is 1.78. The Morgan fingerprint density at radius 2 is 2.14 bits per heavy atom. The molecule has 1 aromatic rings. The molecule has 0 bridgehead atoms. The fourth-order valence-corrected chi connectivity index (χ4v) is 1.44. The summed E-state index contributed by atoms with van der Waals surface area (Å²) >= 11 is 0. The molecular weight excluding hydrogens is 180 g/mol. The minimum Gasteiger partial charge on any atom is -0.481 e. The molecule has 4 nitrogen and oxygen atoms in total. The molecule has 0 amide bonds. The SMILES string of the molecule is Cn1ncc(C(C)(C)C)c1CC(=O)O. The Balaban J connectivity index is 3.13. The average molecular weight is 196 g/mol. The van der Waals surface area contributed by atoms with Gasteiger partial charge in [-0.3, -0.25) is 9.48 Å². The third-order valence-electron chi connectivity index (χ3n) is 2.19. The predicted molar refractivity (Wildman–Crippen MR) is 53.2 cm³/mol. The predicted octanol–water partition coefficient (Wildman–Crippen LogP) is 1.34. The zero-order chi connectivity index (χ0) is 10.9. The van der Waals surface area contributed by atoms with Crippen molar-refractivity contribution in [2.24, 2.45) is 7.05 Å². The van der Waals surface area contributed by atoms with Crippen LogP contribution in [0.1, 0.15) is 32.0 Å². The number of carbonyl (C=O) groups is 1. The summed E-state index contributed by atoms with van der Waals surface area (Å²) in [5.41, 5.74) is 1.73. The molecule has 0 aliphatic rings. The largest absolute Gasteiger partial charge is 0.481 e. The minimum atomic E-state index is -0.820. The number of nitrogens with zero attached hydrogens (tertiary/aromatic N) is 2. The fraction of sp³-hybridized carbons (Fsp3) is 0.600. The lowest BCUT2D eigenvalue weighted by molar-refractivity contribution is -0.136. The van der Waals surface area contributed by atoms with Crippen LogP contribution in [0.2, 0.25) is 0 Å². The van der Waals surface area contributed by atoms with Crippen LogP contribution in [0, 0.1) is 0 Å². The molecular formula is C10H16N2O2. The molecule has 0 saturated carbocycles. The first-order valence-corrected chi connectivity index (χ1v) is 4.55. The van der Waals surface area contributed by atoms with E-state index in [1.807, 2.05) is 0 Å². The van der Waals surface area contributed by atoms with Crippen LogP contribution in [-0.2, 0) is 23.7 Å². The maximum absolute atomic E-state index is 10.7. The van der Waals surface area contributed by atoms with Crippen molar-refractivity contribution in [2.75, 3.05) is 0 Å². The van der Waals surface area contributed by atoms with E-state index >= 15 is 0 Å². The van der Waals surface area contributed by atoms with Crippen LogP contribution < -0.4 is 0 Å². The molecule has 78 valence electrons. The van der Waals surface area contributed by atoms with Gasteiger partial charge in [-0.05, 0) is 11.0 Å². The lowest BCUT2D eigenvalue weighted by atomic mass is 9.86. The van der Waals surface area contributed by atoms with Crippen LogP contribution >= 0.6 is 0 Å². The zero-order valence-corrected chi connectivity index (χ0v) is 9.03. The van der Waals surface area contributed by atoms with E-state index in [-0.39, 0.29) is 11.8 Å². The third-order valence-corrected chi connectivity index (χ3v) is 2.19. The number of aromatic nitrogens is 2. The summed E-state index contributed by atoms with van der Waals surface area (Å²) < 4.78 is 1.63. The maximum Gasteiger partial charge on any atom is 0.309 e. The Bertz CT molecular complexity index is 347. The van der Waals surface area contributed by atoms with Gasteiger partial charge in [0, 0.05) is 7.05 Å². The van der Waals surface area contributed by atoms with Crippen molar-refractivity contribution in [3.05, 3.63) is 17.5 Å². The maximum atomic E-state index is 10.7. The van der Waals surface area contributed by atoms with Gasteiger partial charge < -0.3 is 5.11 Å². The first-order valence-electron chi connectivity index (χ1n) is 4.55. The van der Waals surface area contributed by atoms with E-state index in [1.165, 1.54) is 0 Å². The van der Waals surface area contributed by atoms with Gasteiger partial charge in [-0.1, -0.05) is 20.8 Å². The van der Waals surface area contributed by atoms with Crippen molar-refractivity contribution >= 4 is 5.97 Å². The summed E-state index contributed by atoms with van der Waals surface area (Å²) in [5.74, 6) is -0.820. The van der Waals surface area contributed by atoms with Crippen molar-refractivity contribution < 1.29 is 9.90 Å². The van der Waals surface area contributed by atoms with Gasteiger partial charge in [0.1, 0.15) is 0 Å². The summed E-state index contributed by atoms with van der Waals surface area (Å²) in [6, 6.07) is 0. The van der Waals surface area contributed by atoms with Crippen LogP contribution in [-0.4, -0.2) is 20.9 Å². The Morgan fingerprint density at radius 1 is 1.57 bits per heavy atom. The number of hydrogen-bond acceptors (Lipinski definition) is 2. The summed E-state index contributed by atoms with van der Waals surface area (Å²) in [4.78, 5) is 10.7. The van der Waals surface area contributed by atoms with E-state index in [0.29, 0.717) is 0 Å². The highest BCUT2D eigenvalue weighted by atomic mass is 16.4. The molecule has 1 rings (SSSR count). The molecule has 0 unspecified atom stereocenters. The van der Waals surface area contributed by atoms with Crippen LogP contribution in [0.5, 0.6) is 0 Å². The molecule has 1 heterocycles. The molecule has 0 spiro atoms. The molecule has 0 atom stereocenters. The highest BCUT2D eigenvalue weighted by molar-refractivity contribution is 5.70. The van der Waals surface area contributed by atoms with Crippen molar-refractivity contribution in [3.8, 4) is 0 Å². The second-order valence-electron chi connectivity index (χ2n) is 4.45. The summed E-state index contributed by atoms with van der Waals surface area (Å²) in [5, 5.41) is 12.8. The van der Waals surface area contributed by atoms with Gasteiger partial charge in [-0.15, -0.1) is 0 Å². The molecule has 4 heteroatoms. The highest BCUT2D eigenvalue weighted by Gasteiger charge is 2.22. The topological polar surface area (TPSA) is 55.1 Å². The number of rotatable bonds is 2. The van der Waals surface area contributed by atoms with Crippen molar-refractivity contribution in [1.29, 1.82) is 0 Å². The van der Waals surface area contributed by atoms with Crippen LogP contribution in [0.15, 0.2) is 6.20 Å². The number of carboxylic acids is 1. The molecule has 14 heavy (non-hydrogen) atoms. The monoisotopic (exact) mass is 196 g/mol. The second kappa shape index (κ2) is 3.44.